The van der Waals surface area contributed by atoms with Gasteiger partial charge in [0.15, 0.2) is 0 Å². The van der Waals surface area contributed by atoms with Crippen molar-refractivity contribution in [2.24, 2.45) is 0 Å². The van der Waals surface area contributed by atoms with E-state index in [9.17, 15) is 0 Å². The molecule has 17 heavy (non-hydrogen) atoms. The molecule has 0 spiro atoms. The van der Waals surface area contributed by atoms with Gasteiger partial charge in [0, 0.05) is 11.6 Å². The predicted molar refractivity (Wildman–Crippen MR) is 68.8 cm³/mol. The zero-order valence-corrected chi connectivity index (χ0v) is 10.7. The van der Waals surface area contributed by atoms with Crippen molar-refractivity contribution in [3.63, 3.8) is 0 Å². The molecular weight excluding hydrogens is 214 g/mol. The molecule has 1 aliphatic heterocycles. The van der Waals surface area contributed by atoms with Crippen molar-refractivity contribution in [3.8, 4) is 11.5 Å². The fourth-order valence-electron chi connectivity index (χ4n) is 2.16. The number of fused-ring (bicyclic) bond motifs is 1. The highest BCUT2D eigenvalue weighted by Gasteiger charge is 2.18. The lowest BCUT2D eigenvalue weighted by Gasteiger charge is -2.17. The Morgan fingerprint density at radius 2 is 2.35 bits per heavy atom. The predicted octanol–water partition coefficient (Wildman–Crippen LogP) is 2.91. The summed E-state index contributed by atoms with van der Waals surface area (Å²) in [5, 5.41) is 3.35. The maximum absolute atomic E-state index is 5.74. The third-order valence-corrected chi connectivity index (χ3v) is 3.07. The number of nitrogens with one attached hydrogen (secondary N) is 1. The smallest absolute Gasteiger partial charge is 0.124 e. The van der Waals surface area contributed by atoms with Gasteiger partial charge in [-0.3, -0.25) is 0 Å². The van der Waals surface area contributed by atoms with Gasteiger partial charge in [0.1, 0.15) is 11.5 Å². The Labute approximate surface area is 103 Å². The van der Waals surface area contributed by atoms with Crippen LogP contribution in [0.25, 0.3) is 0 Å². The molecule has 1 heterocycles. The molecule has 1 unspecified atom stereocenters. The first-order chi connectivity index (χ1) is 8.35. The molecule has 1 aromatic rings. The zero-order valence-electron chi connectivity index (χ0n) is 10.7. The van der Waals surface area contributed by atoms with E-state index in [2.05, 4.69) is 18.3 Å². The molecule has 1 aliphatic rings. The van der Waals surface area contributed by atoms with Gasteiger partial charge in [-0.2, -0.15) is 0 Å². The summed E-state index contributed by atoms with van der Waals surface area (Å²) < 4.78 is 11.4. The van der Waals surface area contributed by atoms with E-state index in [1.165, 1.54) is 5.56 Å². The Kier molecular flexibility index (Phi) is 4.26. The van der Waals surface area contributed by atoms with Gasteiger partial charge in [0.25, 0.3) is 0 Å². The summed E-state index contributed by atoms with van der Waals surface area (Å²) in [6.45, 7) is 3.69. The van der Waals surface area contributed by atoms with E-state index in [1.54, 1.807) is 0 Å². The number of benzene rings is 1. The van der Waals surface area contributed by atoms with Crippen molar-refractivity contribution in [1.29, 1.82) is 0 Å². The van der Waals surface area contributed by atoms with Crippen LogP contribution in [-0.2, 0) is 0 Å². The SMILES string of the molecule is CCCOc1ccc2c(c1)C(NC)CCCO2. The molecule has 2 rings (SSSR count). The highest BCUT2D eigenvalue weighted by atomic mass is 16.5. The third-order valence-electron chi connectivity index (χ3n) is 3.07. The Morgan fingerprint density at radius 1 is 1.47 bits per heavy atom. The van der Waals surface area contributed by atoms with Gasteiger partial charge < -0.3 is 14.8 Å². The lowest BCUT2D eigenvalue weighted by Crippen LogP contribution is -2.15. The summed E-state index contributed by atoms with van der Waals surface area (Å²) in [5.74, 6) is 1.93. The van der Waals surface area contributed by atoms with Crippen molar-refractivity contribution in [3.05, 3.63) is 23.8 Å². The number of hydrogen-bond acceptors (Lipinski definition) is 3. The van der Waals surface area contributed by atoms with Crippen molar-refractivity contribution in [2.45, 2.75) is 32.2 Å². The van der Waals surface area contributed by atoms with E-state index in [0.717, 1.165) is 44.0 Å². The molecule has 0 bridgehead atoms. The minimum absolute atomic E-state index is 0.373. The van der Waals surface area contributed by atoms with Crippen LogP contribution in [0.1, 0.15) is 37.8 Å². The van der Waals surface area contributed by atoms with Crippen LogP contribution < -0.4 is 14.8 Å². The molecule has 0 saturated heterocycles. The summed E-state index contributed by atoms with van der Waals surface area (Å²) in [6, 6.07) is 6.50. The van der Waals surface area contributed by atoms with Gasteiger partial charge in [-0.05, 0) is 44.5 Å². The van der Waals surface area contributed by atoms with Crippen molar-refractivity contribution in [1.82, 2.24) is 5.32 Å². The van der Waals surface area contributed by atoms with Crippen LogP contribution in [0, 0.1) is 0 Å². The Hall–Kier alpha value is -1.22. The van der Waals surface area contributed by atoms with Crippen LogP contribution in [0.5, 0.6) is 11.5 Å². The molecule has 0 fully saturated rings. The highest BCUT2D eigenvalue weighted by molar-refractivity contribution is 5.42. The second kappa shape index (κ2) is 5.92. The van der Waals surface area contributed by atoms with Gasteiger partial charge >= 0.3 is 0 Å². The second-order valence-electron chi connectivity index (χ2n) is 4.38. The molecule has 1 atom stereocenters. The standard InChI is InChI=1S/C14H21NO2/c1-3-8-16-11-6-7-14-12(10-11)13(15-2)5-4-9-17-14/h6-7,10,13,15H,3-5,8-9H2,1-2H3. The molecule has 0 aliphatic carbocycles. The summed E-state index contributed by atoms with van der Waals surface area (Å²) >= 11 is 0. The summed E-state index contributed by atoms with van der Waals surface area (Å²) in [5.41, 5.74) is 1.22. The molecule has 0 saturated carbocycles. The van der Waals surface area contributed by atoms with Crippen LogP contribution in [0.2, 0.25) is 0 Å². The lowest BCUT2D eigenvalue weighted by atomic mass is 10.0. The first-order valence-electron chi connectivity index (χ1n) is 6.42. The zero-order chi connectivity index (χ0) is 12.1. The average Bonchev–Trinajstić information content (AvgIpc) is 2.57. The van der Waals surface area contributed by atoms with Crippen LogP contribution in [0.4, 0.5) is 0 Å². The number of ether oxygens (including phenoxy) is 2. The molecule has 3 heteroatoms. The third kappa shape index (κ3) is 2.91. The average molecular weight is 235 g/mol. The molecule has 0 amide bonds. The summed E-state index contributed by atoms with van der Waals surface area (Å²) in [7, 11) is 2.00. The molecule has 1 N–H and O–H groups in total. The maximum Gasteiger partial charge on any atom is 0.124 e. The van der Waals surface area contributed by atoms with Gasteiger partial charge in [0.05, 0.1) is 13.2 Å². The van der Waals surface area contributed by atoms with Crippen LogP contribution in [-0.4, -0.2) is 20.3 Å². The van der Waals surface area contributed by atoms with E-state index >= 15 is 0 Å². The minimum atomic E-state index is 0.373. The molecule has 0 aromatic heterocycles. The number of rotatable bonds is 4. The summed E-state index contributed by atoms with van der Waals surface area (Å²) in [4.78, 5) is 0. The highest BCUT2D eigenvalue weighted by Crippen LogP contribution is 2.34. The van der Waals surface area contributed by atoms with E-state index < -0.39 is 0 Å². The quantitative estimate of drug-likeness (QED) is 0.870. The van der Waals surface area contributed by atoms with Crippen LogP contribution in [0.3, 0.4) is 0 Å². The fraction of sp³-hybridized carbons (Fsp3) is 0.571. The van der Waals surface area contributed by atoms with Gasteiger partial charge in [-0.1, -0.05) is 6.92 Å². The van der Waals surface area contributed by atoms with Gasteiger partial charge in [0.2, 0.25) is 0 Å². The van der Waals surface area contributed by atoms with E-state index in [1.807, 2.05) is 19.2 Å². The van der Waals surface area contributed by atoms with Crippen LogP contribution in [0.15, 0.2) is 18.2 Å². The number of hydrogen-bond donors (Lipinski definition) is 1. The van der Waals surface area contributed by atoms with Gasteiger partial charge in [-0.25, -0.2) is 0 Å². The Morgan fingerprint density at radius 3 is 3.12 bits per heavy atom. The Bertz CT molecular complexity index is 365. The molecule has 0 radical (unpaired) electrons. The second-order valence-corrected chi connectivity index (χ2v) is 4.38. The van der Waals surface area contributed by atoms with Crippen molar-refractivity contribution < 1.29 is 9.47 Å². The van der Waals surface area contributed by atoms with E-state index in [-0.39, 0.29) is 0 Å². The fourth-order valence-corrected chi connectivity index (χ4v) is 2.16. The van der Waals surface area contributed by atoms with Crippen LogP contribution >= 0.6 is 0 Å². The Balaban J connectivity index is 2.23. The lowest BCUT2D eigenvalue weighted by molar-refractivity contribution is 0.309. The first-order valence-corrected chi connectivity index (χ1v) is 6.42. The minimum Gasteiger partial charge on any atom is -0.494 e. The molecule has 1 aromatic carbocycles. The maximum atomic E-state index is 5.74. The van der Waals surface area contributed by atoms with E-state index in [4.69, 9.17) is 9.47 Å². The largest absolute Gasteiger partial charge is 0.494 e. The summed E-state index contributed by atoms with van der Waals surface area (Å²) in [6.07, 6.45) is 3.23. The molecule has 94 valence electrons. The first kappa shape index (κ1) is 12.2. The van der Waals surface area contributed by atoms with Crippen molar-refractivity contribution in [2.75, 3.05) is 20.3 Å². The molecule has 3 nitrogen and oxygen atoms in total. The van der Waals surface area contributed by atoms with Gasteiger partial charge in [-0.15, -0.1) is 0 Å². The monoisotopic (exact) mass is 235 g/mol. The normalized spacial score (nSPS) is 19.1. The van der Waals surface area contributed by atoms with E-state index in [0.29, 0.717) is 6.04 Å². The van der Waals surface area contributed by atoms with Crippen molar-refractivity contribution >= 4 is 0 Å². The topological polar surface area (TPSA) is 30.5 Å². The molecular formula is C14H21NO2.